The summed E-state index contributed by atoms with van der Waals surface area (Å²) in [5.41, 5.74) is -0.455. The van der Waals surface area contributed by atoms with E-state index in [4.69, 9.17) is 4.74 Å². The Morgan fingerprint density at radius 1 is 1.41 bits per heavy atom. The molecule has 0 bridgehead atoms. The zero-order chi connectivity index (χ0) is 23.3. The molecular weight excluding hydrogens is 426 g/mol. The molecule has 0 radical (unpaired) electrons. The van der Waals surface area contributed by atoms with Gasteiger partial charge in [-0.25, -0.2) is 17.6 Å². The summed E-state index contributed by atoms with van der Waals surface area (Å²) in [6, 6.07) is 3.11. The van der Waals surface area contributed by atoms with Crippen LogP contribution in [0.4, 0.5) is 17.6 Å². The number of alkyl halides is 4. The Labute approximate surface area is 183 Å². The van der Waals surface area contributed by atoms with Gasteiger partial charge in [0.2, 0.25) is 0 Å². The predicted octanol–water partition coefficient (Wildman–Crippen LogP) is 4.44. The quantitative estimate of drug-likeness (QED) is 0.388. The molecular formula is C22H27F4N5O. The van der Waals surface area contributed by atoms with Gasteiger partial charge >= 0.3 is 0 Å². The molecule has 174 valence electrons. The number of allylic oxidation sites excluding steroid dienone is 1. The van der Waals surface area contributed by atoms with Crippen molar-refractivity contribution in [2.45, 2.75) is 38.2 Å². The molecule has 32 heavy (non-hydrogen) atoms. The van der Waals surface area contributed by atoms with E-state index in [0.29, 0.717) is 5.39 Å². The Morgan fingerprint density at radius 2 is 2.19 bits per heavy atom. The maximum Gasteiger partial charge on any atom is 0.274 e. The van der Waals surface area contributed by atoms with Crippen molar-refractivity contribution in [3.8, 4) is 5.75 Å². The number of H-pyrrole nitrogens is 1. The predicted molar refractivity (Wildman–Crippen MR) is 118 cm³/mol. The fourth-order valence-corrected chi connectivity index (χ4v) is 3.86. The molecule has 0 spiro atoms. The van der Waals surface area contributed by atoms with Crippen molar-refractivity contribution in [2.24, 2.45) is 9.98 Å². The summed E-state index contributed by atoms with van der Waals surface area (Å²) in [7, 11) is 1.30. The molecule has 1 unspecified atom stereocenters. The van der Waals surface area contributed by atoms with Crippen LogP contribution in [0.5, 0.6) is 5.75 Å². The van der Waals surface area contributed by atoms with E-state index in [1.54, 1.807) is 6.07 Å². The van der Waals surface area contributed by atoms with E-state index in [-0.39, 0.29) is 40.8 Å². The first-order valence-electron chi connectivity index (χ1n) is 10.3. The molecule has 0 aliphatic carbocycles. The number of hydrogen-bond donors (Lipinski definition) is 3. The first-order valence-corrected chi connectivity index (χ1v) is 10.3. The molecule has 3 N–H and O–H groups in total. The van der Waals surface area contributed by atoms with Crippen LogP contribution in [0.25, 0.3) is 10.9 Å². The Morgan fingerprint density at radius 3 is 2.78 bits per heavy atom. The van der Waals surface area contributed by atoms with Gasteiger partial charge in [0, 0.05) is 42.9 Å². The van der Waals surface area contributed by atoms with E-state index in [1.807, 2.05) is 0 Å². The minimum atomic E-state index is -3.28. The minimum absolute atomic E-state index is 0.00944. The molecule has 0 saturated carbocycles. The van der Waals surface area contributed by atoms with Crippen LogP contribution in [0.15, 0.2) is 40.1 Å². The zero-order valence-electron chi connectivity index (χ0n) is 18.0. The number of hydrogen-bond acceptors (Lipinski definition) is 5. The number of halogens is 4. The Bertz CT molecular complexity index is 1000. The van der Waals surface area contributed by atoms with Crippen molar-refractivity contribution in [2.75, 3.05) is 26.9 Å². The number of methoxy groups -OCH3 is 1. The lowest BCUT2D eigenvalue weighted by Crippen LogP contribution is -2.43. The number of nitrogens with one attached hydrogen (secondary N) is 3. The van der Waals surface area contributed by atoms with Crippen LogP contribution in [0.3, 0.4) is 0 Å². The van der Waals surface area contributed by atoms with Crippen LogP contribution in [-0.2, 0) is 0 Å². The summed E-state index contributed by atoms with van der Waals surface area (Å²) in [5, 5.41) is 6.84. The van der Waals surface area contributed by atoms with Gasteiger partial charge in [0.1, 0.15) is 5.75 Å². The summed E-state index contributed by atoms with van der Waals surface area (Å²) in [6.07, 6.45) is 1.49. The molecule has 1 saturated heterocycles. The van der Waals surface area contributed by atoms with Gasteiger partial charge in [-0.15, -0.1) is 0 Å². The van der Waals surface area contributed by atoms with Gasteiger partial charge in [-0.1, -0.05) is 0 Å². The van der Waals surface area contributed by atoms with Crippen molar-refractivity contribution < 1.29 is 22.3 Å². The first-order chi connectivity index (χ1) is 15.3. The second kappa shape index (κ2) is 10.3. The summed E-state index contributed by atoms with van der Waals surface area (Å²) in [5.74, 6) is -3.27. The van der Waals surface area contributed by atoms with Crippen molar-refractivity contribution in [1.82, 2.24) is 15.6 Å². The maximum absolute atomic E-state index is 14.5. The molecule has 0 amide bonds. The average molecular weight is 453 g/mol. The number of rotatable bonds is 9. The summed E-state index contributed by atoms with van der Waals surface area (Å²) < 4.78 is 61.5. The SMILES string of the molecule is C=N/C=C(\C(=NCNC1CCCNC1)c1c[nH]c2c(C(F)F)c(OC)ccc12)C(C)(F)F. The number of ether oxygens (including phenoxy) is 1. The van der Waals surface area contributed by atoms with Gasteiger partial charge < -0.3 is 15.0 Å². The van der Waals surface area contributed by atoms with E-state index in [1.165, 1.54) is 19.4 Å². The third-order valence-electron chi connectivity index (χ3n) is 5.41. The van der Waals surface area contributed by atoms with Gasteiger partial charge in [-0.3, -0.25) is 15.3 Å². The number of fused-ring (bicyclic) bond motifs is 1. The van der Waals surface area contributed by atoms with E-state index in [0.717, 1.165) is 39.1 Å². The smallest absolute Gasteiger partial charge is 0.274 e. The maximum atomic E-state index is 14.5. The first kappa shape index (κ1) is 23.9. The van der Waals surface area contributed by atoms with Crippen molar-refractivity contribution in [3.63, 3.8) is 0 Å². The average Bonchev–Trinajstić information content (AvgIpc) is 3.18. The number of aliphatic imine (C=N–C) groups is 2. The van der Waals surface area contributed by atoms with Crippen LogP contribution < -0.4 is 15.4 Å². The van der Waals surface area contributed by atoms with E-state index < -0.39 is 17.9 Å². The lowest BCUT2D eigenvalue weighted by atomic mass is 9.97. The standard InChI is InChI=1S/C22H27F4N5O/c1-22(25,26)16(11-27-2)19(31-12-30-13-5-4-8-28-9-13)15-10-29-20-14(15)6-7-17(32-3)18(20)21(23)24/h6-7,10-11,13,21,28-30H,2,4-5,8-9,12H2,1,3H3/b16-11+,31-19?. The molecule has 10 heteroatoms. The molecule has 1 atom stereocenters. The number of nitrogens with zero attached hydrogens (tertiary/aromatic N) is 2. The number of aromatic amines is 1. The van der Waals surface area contributed by atoms with E-state index >= 15 is 0 Å². The second-order valence-corrected chi connectivity index (χ2v) is 7.63. The highest BCUT2D eigenvalue weighted by molar-refractivity contribution is 6.20. The third kappa shape index (κ3) is 5.18. The molecule has 1 aromatic heterocycles. The van der Waals surface area contributed by atoms with Crippen molar-refractivity contribution in [1.29, 1.82) is 0 Å². The van der Waals surface area contributed by atoms with Crippen LogP contribution in [-0.4, -0.2) is 56.2 Å². The molecule has 1 fully saturated rings. The summed E-state index contributed by atoms with van der Waals surface area (Å²) >= 11 is 0. The van der Waals surface area contributed by atoms with E-state index in [2.05, 4.69) is 32.3 Å². The van der Waals surface area contributed by atoms with Crippen LogP contribution >= 0.6 is 0 Å². The topological polar surface area (TPSA) is 73.8 Å². The van der Waals surface area contributed by atoms with Gasteiger partial charge in [0.25, 0.3) is 12.3 Å². The lowest BCUT2D eigenvalue weighted by Gasteiger charge is -2.23. The van der Waals surface area contributed by atoms with Gasteiger partial charge in [-0.05, 0) is 38.2 Å². The monoisotopic (exact) mass is 453 g/mol. The Kier molecular flexibility index (Phi) is 7.68. The molecule has 1 aromatic carbocycles. The van der Waals surface area contributed by atoms with Crippen LogP contribution in [0, 0.1) is 0 Å². The number of aromatic nitrogens is 1. The number of piperidine rings is 1. The van der Waals surface area contributed by atoms with Crippen molar-refractivity contribution >= 4 is 23.3 Å². The molecule has 2 aromatic rings. The fourth-order valence-electron chi connectivity index (χ4n) is 3.86. The van der Waals surface area contributed by atoms with Gasteiger partial charge in [-0.2, -0.15) is 0 Å². The zero-order valence-corrected chi connectivity index (χ0v) is 18.0. The van der Waals surface area contributed by atoms with Crippen molar-refractivity contribution in [3.05, 3.63) is 41.2 Å². The highest BCUT2D eigenvalue weighted by Gasteiger charge is 2.34. The molecule has 1 aliphatic rings. The fraction of sp³-hybridized carbons (Fsp3) is 0.455. The van der Waals surface area contributed by atoms with Crippen LogP contribution in [0.1, 0.15) is 37.3 Å². The lowest BCUT2D eigenvalue weighted by molar-refractivity contribution is 0.0699. The normalized spacial score (nSPS) is 18.4. The highest BCUT2D eigenvalue weighted by atomic mass is 19.3. The van der Waals surface area contributed by atoms with Crippen LogP contribution in [0.2, 0.25) is 0 Å². The van der Waals surface area contributed by atoms with Gasteiger partial charge in [0.05, 0.1) is 36.1 Å². The second-order valence-electron chi connectivity index (χ2n) is 7.63. The third-order valence-corrected chi connectivity index (χ3v) is 5.41. The largest absolute Gasteiger partial charge is 0.496 e. The molecule has 3 rings (SSSR count). The highest BCUT2D eigenvalue weighted by Crippen LogP contribution is 2.38. The summed E-state index contributed by atoms with van der Waals surface area (Å²) in [4.78, 5) is 10.7. The van der Waals surface area contributed by atoms with Gasteiger partial charge in [0.15, 0.2) is 0 Å². The molecule has 1 aliphatic heterocycles. The summed E-state index contributed by atoms with van der Waals surface area (Å²) in [6.45, 7) is 5.81. The Balaban J connectivity index is 2.09. The molecule has 2 heterocycles. The number of benzene rings is 1. The molecule has 6 nitrogen and oxygen atoms in total. The Hall–Kier alpha value is -2.72. The minimum Gasteiger partial charge on any atom is -0.496 e. The van der Waals surface area contributed by atoms with E-state index in [9.17, 15) is 17.6 Å².